The van der Waals surface area contributed by atoms with Crippen LogP contribution in [-0.4, -0.2) is 17.2 Å². The van der Waals surface area contributed by atoms with E-state index >= 15 is 0 Å². The first-order valence-electron chi connectivity index (χ1n) is 3.87. The van der Waals surface area contributed by atoms with Gasteiger partial charge in [0.15, 0.2) is 5.76 Å². The molecule has 0 aliphatic rings. The van der Waals surface area contributed by atoms with E-state index in [2.05, 4.69) is 4.99 Å². The summed E-state index contributed by atoms with van der Waals surface area (Å²) in [7, 11) is 0. The monoisotopic (exact) mass is 182 g/mol. The van der Waals surface area contributed by atoms with Gasteiger partial charge in [-0.1, -0.05) is 0 Å². The lowest BCUT2D eigenvalue weighted by molar-refractivity contribution is -0.402. The molecule has 0 aromatic carbocycles. The van der Waals surface area contributed by atoms with Crippen LogP contribution in [0.1, 0.15) is 19.6 Å². The van der Waals surface area contributed by atoms with Crippen molar-refractivity contribution in [2.75, 3.05) is 0 Å². The molecule has 0 atom stereocenters. The number of aliphatic imine (C=N–C) groups is 1. The highest BCUT2D eigenvalue weighted by Crippen LogP contribution is 2.13. The molecule has 1 heterocycles. The summed E-state index contributed by atoms with van der Waals surface area (Å²) in [5.41, 5.74) is 0. The maximum Gasteiger partial charge on any atom is 0.433 e. The van der Waals surface area contributed by atoms with Gasteiger partial charge >= 0.3 is 5.88 Å². The van der Waals surface area contributed by atoms with Gasteiger partial charge in [-0.15, -0.1) is 0 Å². The number of rotatable bonds is 3. The Kier molecular flexibility index (Phi) is 2.79. The van der Waals surface area contributed by atoms with Gasteiger partial charge in [-0.3, -0.25) is 15.1 Å². The van der Waals surface area contributed by atoms with Crippen LogP contribution >= 0.6 is 0 Å². The normalized spacial score (nSPS) is 11.3. The standard InChI is InChI=1S/C8H10N2O3/c1-6(2)9-5-7-3-4-8(13-7)10(11)12/h3-6H,1-2H3/b9-5+. The molecule has 0 amide bonds. The molecule has 0 saturated heterocycles. The van der Waals surface area contributed by atoms with E-state index < -0.39 is 4.92 Å². The van der Waals surface area contributed by atoms with Gasteiger partial charge in [-0.05, 0) is 19.9 Å². The number of furan rings is 1. The summed E-state index contributed by atoms with van der Waals surface area (Å²) < 4.78 is 4.85. The SMILES string of the molecule is CC(C)/N=C/c1ccc([N+](=O)[O-])o1. The second-order valence-electron chi connectivity index (χ2n) is 2.81. The maximum atomic E-state index is 10.2. The number of nitro groups is 1. The van der Waals surface area contributed by atoms with Crippen molar-refractivity contribution >= 4 is 12.1 Å². The van der Waals surface area contributed by atoms with Crippen LogP contribution < -0.4 is 0 Å². The second kappa shape index (κ2) is 3.84. The molecule has 70 valence electrons. The van der Waals surface area contributed by atoms with Crippen LogP contribution in [0.4, 0.5) is 5.88 Å². The minimum Gasteiger partial charge on any atom is -0.400 e. The van der Waals surface area contributed by atoms with E-state index in [-0.39, 0.29) is 11.9 Å². The average molecular weight is 182 g/mol. The Bertz CT molecular complexity index is 328. The van der Waals surface area contributed by atoms with Crippen molar-refractivity contribution in [1.29, 1.82) is 0 Å². The number of hydrogen-bond acceptors (Lipinski definition) is 4. The van der Waals surface area contributed by atoms with E-state index in [4.69, 9.17) is 4.42 Å². The molecular formula is C8H10N2O3. The van der Waals surface area contributed by atoms with Gasteiger partial charge in [-0.25, -0.2) is 0 Å². The van der Waals surface area contributed by atoms with Gasteiger partial charge in [0.25, 0.3) is 0 Å². The summed E-state index contributed by atoms with van der Waals surface area (Å²) in [6.45, 7) is 3.82. The van der Waals surface area contributed by atoms with Crippen molar-refractivity contribution in [2.45, 2.75) is 19.9 Å². The Hall–Kier alpha value is -1.65. The van der Waals surface area contributed by atoms with Crippen LogP contribution in [0.15, 0.2) is 21.5 Å². The van der Waals surface area contributed by atoms with E-state index in [0.29, 0.717) is 5.76 Å². The fourth-order valence-corrected chi connectivity index (χ4v) is 0.732. The van der Waals surface area contributed by atoms with Crippen LogP contribution in [0.25, 0.3) is 0 Å². The van der Waals surface area contributed by atoms with Gasteiger partial charge in [0.2, 0.25) is 0 Å². The highest BCUT2D eigenvalue weighted by molar-refractivity contribution is 5.76. The van der Waals surface area contributed by atoms with E-state index in [9.17, 15) is 10.1 Å². The Balaban J connectivity index is 2.75. The van der Waals surface area contributed by atoms with E-state index in [0.717, 1.165) is 0 Å². The first-order valence-corrected chi connectivity index (χ1v) is 3.87. The molecule has 0 unspecified atom stereocenters. The van der Waals surface area contributed by atoms with Crippen LogP contribution in [-0.2, 0) is 0 Å². The summed E-state index contributed by atoms with van der Waals surface area (Å²) in [5.74, 6) is 0.144. The van der Waals surface area contributed by atoms with Crippen molar-refractivity contribution in [1.82, 2.24) is 0 Å². The maximum absolute atomic E-state index is 10.2. The summed E-state index contributed by atoms with van der Waals surface area (Å²) in [6, 6.07) is 2.98. The van der Waals surface area contributed by atoms with Crippen LogP contribution in [0, 0.1) is 10.1 Å². The quantitative estimate of drug-likeness (QED) is 0.408. The molecule has 1 rings (SSSR count). The molecule has 0 aliphatic heterocycles. The van der Waals surface area contributed by atoms with Crippen molar-refractivity contribution in [3.8, 4) is 0 Å². The zero-order chi connectivity index (χ0) is 9.84. The fraction of sp³-hybridized carbons (Fsp3) is 0.375. The summed E-state index contributed by atoms with van der Waals surface area (Å²) in [6.07, 6.45) is 1.48. The fourth-order valence-electron chi connectivity index (χ4n) is 0.732. The first kappa shape index (κ1) is 9.44. The molecule has 0 radical (unpaired) electrons. The minimum absolute atomic E-state index is 0.157. The highest BCUT2D eigenvalue weighted by atomic mass is 16.6. The third-order valence-electron chi connectivity index (χ3n) is 1.29. The average Bonchev–Trinajstić information content (AvgIpc) is 2.48. The molecular weight excluding hydrogens is 172 g/mol. The van der Waals surface area contributed by atoms with Gasteiger partial charge in [0.05, 0.1) is 12.3 Å². The zero-order valence-corrected chi connectivity index (χ0v) is 7.43. The van der Waals surface area contributed by atoms with Gasteiger partial charge in [-0.2, -0.15) is 0 Å². The van der Waals surface area contributed by atoms with Crippen molar-refractivity contribution in [3.05, 3.63) is 28.0 Å². The molecule has 0 spiro atoms. The van der Waals surface area contributed by atoms with Crippen molar-refractivity contribution in [2.24, 2.45) is 4.99 Å². The van der Waals surface area contributed by atoms with Gasteiger partial charge in [0.1, 0.15) is 4.92 Å². The second-order valence-corrected chi connectivity index (χ2v) is 2.81. The Morgan fingerprint density at radius 3 is 2.77 bits per heavy atom. The smallest absolute Gasteiger partial charge is 0.400 e. The van der Waals surface area contributed by atoms with Crippen LogP contribution in [0.5, 0.6) is 0 Å². The molecule has 0 saturated carbocycles. The highest BCUT2D eigenvalue weighted by Gasteiger charge is 2.09. The summed E-state index contributed by atoms with van der Waals surface area (Å²) in [4.78, 5) is 13.7. The number of hydrogen-bond donors (Lipinski definition) is 0. The topological polar surface area (TPSA) is 68.6 Å². The number of nitrogens with zero attached hydrogens (tertiary/aromatic N) is 2. The van der Waals surface area contributed by atoms with E-state index in [1.54, 1.807) is 0 Å². The van der Waals surface area contributed by atoms with E-state index in [1.165, 1.54) is 18.3 Å². The predicted molar refractivity (Wildman–Crippen MR) is 48.1 cm³/mol. The molecule has 0 fully saturated rings. The van der Waals surface area contributed by atoms with Gasteiger partial charge in [0, 0.05) is 6.04 Å². The summed E-state index contributed by atoms with van der Waals surface area (Å²) >= 11 is 0. The lowest BCUT2D eigenvalue weighted by atomic mass is 10.4. The first-order chi connectivity index (χ1) is 6.09. The van der Waals surface area contributed by atoms with Crippen LogP contribution in [0.3, 0.4) is 0 Å². The lowest BCUT2D eigenvalue weighted by Gasteiger charge is -1.91. The molecule has 1 aromatic heterocycles. The lowest BCUT2D eigenvalue weighted by Crippen LogP contribution is -1.89. The Morgan fingerprint density at radius 1 is 1.62 bits per heavy atom. The van der Waals surface area contributed by atoms with E-state index in [1.807, 2.05) is 13.8 Å². The largest absolute Gasteiger partial charge is 0.433 e. The molecule has 5 nitrogen and oxygen atoms in total. The van der Waals surface area contributed by atoms with Crippen LogP contribution in [0.2, 0.25) is 0 Å². The predicted octanol–water partition coefficient (Wildman–Crippen LogP) is 2.02. The Labute approximate surface area is 75.2 Å². The van der Waals surface area contributed by atoms with Crippen molar-refractivity contribution in [3.63, 3.8) is 0 Å². The molecule has 0 bridgehead atoms. The minimum atomic E-state index is -0.577. The third kappa shape index (κ3) is 2.70. The molecule has 5 heteroatoms. The molecule has 1 aromatic rings. The summed E-state index contributed by atoms with van der Waals surface area (Å²) in [5, 5.41) is 10.2. The third-order valence-corrected chi connectivity index (χ3v) is 1.29. The molecule has 0 aliphatic carbocycles. The van der Waals surface area contributed by atoms with Gasteiger partial charge < -0.3 is 4.42 Å². The molecule has 13 heavy (non-hydrogen) atoms. The zero-order valence-electron chi connectivity index (χ0n) is 7.43. The van der Waals surface area contributed by atoms with Crippen molar-refractivity contribution < 1.29 is 9.34 Å². The Morgan fingerprint density at radius 2 is 2.31 bits per heavy atom. The molecule has 0 N–H and O–H groups in total.